The lowest BCUT2D eigenvalue weighted by Crippen LogP contribution is -1.99. The number of thioether (sulfide) groups is 1. The Hall–Kier alpha value is -2.81. The summed E-state index contributed by atoms with van der Waals surface area (Å²) in [6.07, 6.45) is 3.33. The summed E-state index contributed by atoms with van der Waals surface area (Å²) in [7, 11) is 1.78. The van der Waals surface area contributed by atoms with Gasteiger partial charge in [-0.25, -0.2) is 4.39 Å². The fourth-order valence-corrected chi connectivity index (χ4v) is 3.12. The highest BCUT2D eigenvalue weighted by Gasteiger charge is 2.19. The van der Waals surface area contributed by atoms with Crippen molar-refractivity contribution >= 4 is 17.4 Å². The first-order valence-electron chi connectivity index (χ1n) is 6.92. The Morgan fingerprint density at radius 1 is 1.29 bits per heavy atom. The van der Waals surface area contributed by atoms with Gasteiger partial charge in [0, 0.05) is 36.8 Å². The molecule has 24 heavy (non-hydrogen) atoms. The maximum Gasteiger partial charge on any atom is 0.276 e. The average Bonchev–Trinajstić information content (AvgIpc) is 2.95. The van der Waals surface area contributed by atoms with Gasteiger partial charge in [0.15, 0.2) is 11.0 Å². The number of hydrogen-bond donors (Lipinski definition) is 0. The van der Waals surface area contributed by atoms with Gasteiger partial charge in [0.25, 0.3) is 5.69 Å². The zero-order chi connectivity index (χ0) is 17.1. The zero-order valence-electron chi connectivity index (χ0n) is 12.6. The minimum Gasteiger partial charge on any atom is -0.305 e. The van der Waals surface area contributed by atoms with Gasteiger partial charge in [0.2, 0.25) is 0 Å². The molecule has 0 atom stereocenters. The molecule has 0 N–H and O–H groups in total. The fourth-order valence-electron chi connectivity index (χ4n) is 2.18. The van der Waals surface area contributed by atoms with E-state index in [0.717, 1.165) is 5.56 Å². The molecule has 2 heterocycles. The van der Waals surface area contributed by atoms with Gasteiger partial charge >= 0.3 is 0 Å². The molecule has 0 unspecified atom stereocenters. The lowest BCUT2D eigenvalue weighted by atomic mass is 10.2. The van der Waals surface area contributed by atoms with Gasteiger partial charge in [-0.3, -0.25) is 15.1 Å². The van der Waals surface area contributed by atoms with E-state index in [1.807, 2.05) is 6.07 Å². The predicted molar refractivity (Wildman–Crippen MR) is 86.8 cm³/mol. The Bertz CT molecular complexity index is 885. The standard InChI is InChI=1S/C15H12FN5O2S/c1-20-14(10-4-3-7-17-8-10)18-19-15(20)24-9-11-12(16)5-2-6-13(11)21(22)23/h2-8H,9H2,1H3. The van der Waals surface area contributed by atoms with Crippen molar-refractivity contribution in [3.63, 3.8) is 0 Å². The molecule has 2 aromatic heterocycles. The molecule has 7 nitrogen and oxygen atoms in total. The molecule has 0 spiro atoms. The van der Waals surface area contributed by atoms with Crippen LogP contribution in [0.4, 0.5) is 10.1 Å². The van der Waals surface area contributed by atoms with Crippen molar-refractivity contribution in [3.8, 4) is 11.4 Å². The number of rotatable bonds is 5. The predicted octanol–water partition coefficient (Wildman–Crippen LogP) is 3.22. The van der Waals surface area contributed by atoms with Crippen LogP contribution in [0.5, 0.6) is 0 Å². The quantitative estimate of drug-likeness (QED) is 0.401. The minimum absolute atomic E-state index is 0.0402. The Kier molecular flexibility index (Phi) is 4.52. The van der Waals surface area contributed by atoms with Crippen LogP contribution in [0.3, 0.4) is 0 Å². The molecule has 3 aromatic rings. The largest absolute Gasteiger partial charge is 0.305 e. The van der Waals surface area contributed by atoms with E-state index in [-0.39, 0.29) is 17.0 Å². The van der Waals surface area contributed by atoms with Gasteiger partial charge < -0.3 is 4.57 Å². The molecular weight excluding hydrogens is 333 g/mol. The Labute approximate surface area is 140 Å². The van der Waals surface area contributed by atoms with E-state index in [1.165, 1.54) is 30.0 Å². The number of aromatic nitrogens is 4. The summed E-state index contributed by atoms with van der Waals surface area (Å²) in [5.41, 5.74) is 0.604. The van der Waals surface area contributed by atoms with Crippen molar-refractivity contribution in [2.45, 2.75) is 10.9 Å². The first-order valence-corrected chi connectivity index (χ1v) is 7.91. The van der Waals surface area contributed by atoms with Crippen LogP contribution in [0.2, 0.25) is 0 Å². The van der Waals surface area contributed by atoms with E-state index in [9.17, 15) is 14.5 Å². The summed E-state index contributed by atoms with van der Waals surface area (Å²) >= 11 is 1.19. The van der Waals surface area contributed by atoms with Crippen LogP contribution >= 0.6 is 11.8 Å². The number of nitro groups is 1. The summed E-state index contributed by atoms with van der Waals surface area (Å²) in [6.45, 7) is 0. The highest BCUT2D eigenvalue weighted by atomic mass is 32.2. The second-order valence-electron chi connectivity index (χ2n) is 4.89. The third-order valence-electron chi connectivity index (χ3n) is 3.39. The second-order valence-corrected chi connectivity index (χ2v) is 5.83. The molecular formula is C15H12FN5O2S. The number of nitro benzene ring substituents is 1. The lowest BCUT2D eigenvalue weighted by molar-refractivity contribution is -0.385. The first-order chi connectivity index (χ1) is 11.6. The fraction of sp³-hybridized carbons (Fsp3) is 0.133. The SMILES string of the molecule is Cn1c(SCc2c(F)cccc2[N+](=O)[O-])nnc1-c1cccnc1. The third kappa shape index (κ3) is 3.11. The summed E-state index contributed by atoms with van der Waals surface area (Å²) < 4.78 is 15.7. The van der Waals surface area contributed by atoms with Crippen molar-refractivity contribution in [2.75, 3.05) is 0 Å². The Balaban J connectivity index is 1.84. The molecule has 9 heteroatoms. The van der Waals surface area contributed by atoms with Crippen LogP contribution < -0.4 is 0 Å². The van der Waals surface area contributed by atoms with Crippen molar-refractivity contribution in [3.05, 3.63) is 64.2 Å². The third-order valence-corrected chi connectivity index (χ3v) is 4.44. The minimum atomic E-state index is -0.605. The van der Waals surface area contributed by atoms with Gasteiger partial charge in [-0.2, -0.15) is 0 Å². The Morgan fingerprint density at radius 3 is 2.83 bits per heavy atom. The number of pyridine rings is 1. The van der Waals surface area contributed by atoms with Gasteiger partial charge in [0.1, 0.15) is 5.82 Å². The summed E-state index contributed by atoms with van der Waals surface area (Å²) in [6, 6.07) is 7.47. The van der Waals surface area contributed by atoms with Crippen LogP contribution in [-0.4, -0.2) is 24.7 Å². The van der Waals surface area contributed by atoms with Gasteiger partial charge in [0.05, 0.1) is 10.5 Å². The van der Waals surface area contributed by atoms with E-state index in [4.69, 9.17) is 0 Å². The van der Waals surface area contributed by atoms with Gasteiger partial charge in [-0.15, -0.1) is 10.2 Å². The summed E-state index contributed by atoms with van der Waals surface area (Å²) in [5, 5.41) is 19.7. The number of hydrogen-bond acceptors (Lipinski definition) is 6. The molecule has 0 fully saturated rings. The molecule has 0 saturated heterocycles. The monoisotopic (exact) mass is 345 g/mol. The molecule has 0 radical (unpaired) electrons. The highest BCUT2D eigenvalue weighted by molar-refractivity contribution is 7.98. The number of halogens is 1. The average molecular weight is 345 g/mol. The van der Waals surface area contributed by atoms with E-state index in [2.05, 4.69) is 15.2 Å². The normalized spacial score (nSPS) is 10.8. The molecule has 0 aliphatic carbocycles. The maximum atomic E-state index is 13.9. The summed E-state index contributed by atoms with van der Waals surface area (Å²) in [4.78, 5) is 14.5. The zero-order valence-corrected chi connectivity index (χ0v) is 13.4. The second kappa shape index (κ2) is 6.75. The van der Waals surface area contributed by atoms with E-state index in [0.29, 0.717) is 11.0 Å². The van der Waals surface area contributed by atoms with Crippen molar-refractivity contribution in [1.82, 2.24) is 19.7 Å². The molecule has 3 rings (SSSR count). The van der Waals surface area contributed by atoms with Gasteiger partial charge in [-0.1, -0.05) is 17.8 Å². The summed E-state index contributed by atoms with van der Waals surface area (Å²) in [5.74, 6) is 0.0992. The first kappa shape index (κ1) is 16.1. The van der Waals surface area contributed by atoms with Crippen LogP contribution in [-0.2, 0) is 12.8 Å². The van der Waals surface area contributed by atoms with Crippen LogP contribution in [0, 0.1) is 15.9 Å². The van der Waals surface area contributed by atoms with Crippen molar-refractivity contribution in [1.29, 1.82) is 0 Å². The van der Waals surface area contributed by atoms with Crippen LogP contribution in [0.1, 0.15) is 5.56 Å². The highest BCUT2D eigenvalue weighted by Crippen LogP contribution is 2.30. The van der Waals surface area contributed by atoms with Crippen molar-refractivity contribution in [2.24, 2.45) is 7.05 Å². The van der Waals surface area contributed by atoms with Crippen molar-refractivity contribution < 1.29 is 9.31 Å². The molecule has 1 aromatic carbocycles. The molecule has 0 aliphatic rings. The molecule has 0 bridgehead atoms. The lowest BCUT2D eigenvalue weighted by Gasteiger charge is -2.05. The Morgan fingerprint density at radius 2 is 2.12 bits per heavy atom. The maximum absolute atomic E-state index is 13.9. The molecule has 0 aliphatic heterocycles. The smallest absolute Gasteiger partial charge is 0.276 e. The van der Waals surface area contributed by atoms with E-state index in [1.54, 1.807) is 30.1 Å². The topological polar surface area (TPSA) is 86.7 Å². The molecule has 122 valence electrons. The molecule has 0 saturated carbocycles. The van der Waals surface area contributed by atoms with E-state index < -0.39 is 10.7 Å². The molecule has 0 amide bonds. The number of nitrogens with zero attached hydrogens (tertiary/aromatic N) is 5. The number of benzene rings is 1. The van der Waals surface area contributed by atoms with Crippen LogP contribution in [0.25, 0.3) is 11.4 Å². The van der Waals surface area contributed by atoms with Gasteiger partial charge in [-0.05, 0) is 18.2 Å². The van der Waals surface area contributed by atoms with E-state index >= 15 is 0 Å². The van der Waals surface area contributed by atoms with Crippen LogP contribution in [0.15, 0.2) is 47.9 Å².